The first-order valence-corrected chi connectivity index (χ1v) is 6.46. The van der Waals surface area contributed by atoms with Gasteiger partial charge in [-0.1, -0.05) is 13.8 Å². The van der Waals surface area contributed by atoms with Crippen LogP contribution in [0.25, 0.3) is 0 Å². The van der Waals surface area contributed by atoms with E-state index in [1.54, 1.807) is 0 Å². The highest BCUT2D eigenvalue weighted by Gasteiger charge is 2.14. The van der Waals surface area contributed by atoms with Gasteiger partial charge in [0.2, 0.25) is 0 Å². The van der Waals surface area contributed by atoms with Gasteiger partial charge in [-0.3, -0.25) is 0 Å². The predicted molar refractivity (Wildman–Crippen MR) is 64.5 cm³/mol. The summed E-state index contributed by atoms with van der Waals surface area (Å²) in [4.78, 5) is 0. The quantitative estimate of drug-likeness (QED) is 0.638. The molecule has 0 atom stereocenters. The van der Waals surface area contributed by atoms with Crippen LogP contribution in [0.4, 0.5) is 0 Å². The fourth-order valence-electron chi connectivity index (χ4n) is 1.10. The van der Waals surface area contributed by atoms with Crippen LogP contribution in [0.3, 0.4) is 0 Å². The minimum absolute atomic E-state index is 0.387. The summed E-state index contributed by atoms with van der Waals surface area (Å²) in [5.74, 6) is 0.843. The maximum atomic E-state index is 3.51. The monoisotopic (exact) mass is 203 g/mol. The van der Waals surface area contributed by atoms with Gasteiger partial charge in [0.25, 0.3) is 0 Å². The molecule has 0 heterocycles. The molecular formula is C11H25NS. The van der Waals surface area contributed by atoms with Crippen molar-refractivity contribution in [2.45, 2.75) is 45.3 Å². The summed E-state index contributed by atoms with van der Waals surface area (Å²) < 4.78 is 0.387. The fourth-order valence-corrected chi connectivity index (χ4v) is 1.34. The second kappa shape index (κ2) is 6.72. The lowest BCUT2D eigenvalue weighted by Crippen LogP contribution is -2.32. The van der Waals surface area contributed by atoms with Gasteiger partial charge in [-0.15, -0.1) is 0 Å². The highest BCUT2D eigenvalue weighted by Crippen LogP contribution is 2.19. The lowest BCUT2D eigenvalue weighted by molar-refractivity contribution is 0.511. The van der Waals surface area contributed by atoms with Crippen LogP contribution in [-0.4, -0.2) is 24.1 Å². The number of thioether (sulfide) groups is 1. The summed E-state index contributed by atoms with van der Waals surface area (Å²) in [6.07, 6.45) is 4.82. The van der Waals surface area contributed by atoms with Gasteiger partial charge in [0, 0.05) is 11.3 Å². The molecule has 0 aliphatic heterocycles. The van der Waals surface area contributed by atoms with Crippen LogP contribution >= 0.6 is 11.8 Å². The van der Waals surface area contributed by atoms with E-state index in [9.17, 15) is 0 Å². The Kier molecular flexibility index (Phi) is 6.88. The van der Waals surface area contributed by atoms with E-state index in [0.29, 0.717) is 4.75 Å². The van der Waals surface area contributed by atoms with Gasteiger partial charge >= 0.3 is 0 Å². The molecule has 1 nitrogen and oxygen atoms in total. The lowest BCUT2D eigenvalue weighted by Gasteiger charge is -2.22. The van der Waals surface area contributed by atoms with Crippen LogP contribution in [0.1, 0.15) is 40.5 Å². The molecule has 0 aliphatic carbocycles. The molecule has 0 aromatic heterocycles. The van der Waals surface area contributed by atoms with Crippen molar-refractivity contribution < 1.29 is 0 Å². The minimum Gasteiger partial charge on any atom is -0.315 e. The van der Waals surface area contributed by atoms with E-state index in [0.717, 1.165) is 12.5 Å². The molecule has 0 bridgehead atoms. The van der Waals surface area contributed by atoms with Crippen molar-refractivity contribution in [3.63, 3.8) is 0 Å². The highest BCUT2D eigenvalue weighted by molar-refractivity contribution is 7.99. The molecule has 80 valence electrons. The smallest absolute Gasteiger partial charge is 0.0225 e. The summed E-state index contributed by atoms with van der Waals surface area (Å²) in [6.45, 7) is 11.4. The van der Waals surface area contributed by atoms with Gasteiger partial charge in [-0.25, -0.2) is 0 Å². The van der Waals surface area contributed by atoms with Gasteiger partial charge in [0.05, 0.1) is 0 Å². The third-order valence-electron chi connectivity index (χ3n) is 2.24. The topological polar surface area (TPSA) is 12.0 Å². The number of hydrogen-bond acceptors (Lipinski definition) is 2. The average molecular weight is 203 g/mol. The maximum absolute atomic E-state index is 3.51. The zero-order chi connectivity index (χ0) is 10.3. The van der Waals surface area contributed by atoms with Crippen molar-refractivity contribution >= 4 is 11.8 Å². The predicted octanol–water partition coefficient (Wildman–Crippen LogP) is 3.15. The van der Waals surface area contributed by atoms with Crippen LogP contribution in [0.2, 0.25) is 0 Å². The molecular weight excluding hydrogens is 178 g/mol. The number of nitrogens with one attached hydrogen (secondary N) is 1. The Morgan fingerprint density at radius 2 is 1.92 bits per heavy atom. The lowest BCUT2D eigenvalue weighted by atomic mass is 10.1. The standard InChI is InChI=1S/C11H25NS/c1-10(2)7-6-8-12-9-11(3,4)13-5/h10,12H,6-9H2,1-5H3. The van der Waals surface area contributed by atoms with Crippen molar-refractivity contribution in [3.8, 4) is 0 Å². The second-order valence-electron chi connectivity index (χ2n) is 4.68. The van der Waals surface area contributed by atoms with Crippen LogP contribution in [0.15, 0.2) is 0 Å². The molecule has 0 radical (unpaired) electrons. The Hall–Kier alpha value is 0.310. The summed E-state index contributed by atoms with van der Waals surface area (Å²) in [6, 6.07) is 0. The molecule has 2 heteroatoms. The summed E-state index contributed by atoms with van der Waals surface area (Å²) in [5.41, 5.74) is 0. The first-order chi connectivity index (χ1) is 5.98. The maximum Gasteiger partial charge on any atom is 0.0225 e. The van der Waals surface area contributed by atoms with E-state index in [2.05, 4.69) is 39.3 Å². The normalized spacial score (nSPS) is 12.5. The largest absolute Gasteiger partial charge is 0.315 e. The van der Waals surface area contributed by atoms with Gasteiger partial charge in [-0.05, 0) is 45.4 Å². The first-order valence-electron chi connectivity index (χ1n) is 5.24. The van der Waals surface area contributed by atoms with Crippen molar-refractivity contribution in [1.29, 1.82) is 0 Å². The van der Waals surface area contributed by atoms with E-state index in [-0.39, 0.29) is 0 Å². The first kappa shape index (κ1) is 13.3. The molecule has 0 aliphatic rings. The van der Waals surface area contributed by atoms with Gasteiger partial charge in [-0.2, -0.15) is 11.8 Å². The fraction of sp³-hybridized carbons (Fsp3) is 1.00. The SMILES string of the molecule is CSC(C)(C)CNCCCC(C)C. The molecule has 0 fully saturated rings. The van der Waals surface area contributed by atoms with Crippen LogP contribution in [0, 0.1) is 5.92 Å². The molecule has 0 saturated carbocycles. The van der Waals surface area contributed by atoms with Crippen LogP contribution in [-0.2, 0) is 0 Å². The van der Waals surface area contributed by atoms with Crippen molar-refractivity contribution in [2.75, 3.05) is 19.3 Å². The summed E-state index contributed by atoms with van der Waals surface area (Å²) >= 11 is 1.93. The molecule has 0 unspecified atom stereocenters. The van der Waals surface area contributed by atoms with E-state index in [4.69, 9.17) is 0 Å². The minimum atomic E-state index is 0.387. The molecule has 13 heavy (non-hydrogen) atoms. The van der Waals surface area contributed by atoms with E-state index in [1.807, 2.05) is 11.8 Å². The third kappa shape index (κ3) is 8.63. The second-order valence-corrected chi connectivity index (χ2v) is 6.19. The molecule has 0 saturated heterocycles. The van der Waals surface area contributed by atoms with Crippen LogP contribution in [0.5, 0.6) is 0 Å². The zero-order valence-corrected chi connectivity index (χ0v) is 10.6. The van der Waals surface area contributed by atoms with Crippen molar-refractivity contribution in [3.05, 3.63) is 0 Å². The Morgan fingerprint density at radius 3 is 2.38 bits per heavy atom. The number of rotatable bonds is 7. The van der Waals surface area contributed by atoms with Crippen LogP contribution < -0.4 is 5.32 Å². The molecule has 0 rings (SSSR count). The Morgan fingerprint density at radius 1 is 1.31 bits per heavy atom. The molecule has 0 amide bonds. The van der Waals surface area contributed by atoms with Gasteiger partial charge in [0.1, 0.15) is 0 Å². The molecule has 1 N–H and O–H groups in total. The molecule has 0 aromatic rings. The number of hydrogen-bond donors (Lipinski definition) is 1. The summed E-state index contributed by atoms with van der Waals surface area (Å²) in [5, 5.41) is 3.51. The van der Waals surface area contributed by atoms with E-state index in [1.165, 1.54) is 19.4 Å². The molecule has 0 spiro atoms. The summed E-state index contributed by atoms with van der Waals surface area (Å²) in [7, 11) is 0. The molecule has 0 aromatic carbocycles. The average Bonchev–Trinajstić information content (AvgIpc) is 2.03. The van der Waals surface area contributed by atoms with Crippen molar-refractivity contribution in [1.82, 2.24) is 5.32 Å². The third-order valence-corrected chi connectivity index (χ3v) is 3.49. The Labute approximate surface area is 88.1 Å². The Balaban J connectivity index is 3.26. The highest BCUT2D eigenvalue weighted by atomic mass is 32.2. The van der Waals surface area contributed by atoms with E-state index >= 15 is 0 Å². The Bertz CT molecular complexity index is 121. The van der Waals surface area contributed by atoms with Crippen molar-refractivity contribution in [2.24, 2.45) is 5.92 Å². The van der Waals surface area contributed by atoms with E-state index < -0.39 is 0 Å². The van der Waals surface area contributed by atoms with Gasteiger partial charge < -0.3 is 5.32 Å². The van der Waals surface area contributed by atoms with Gasteiger partial charge in [0.15, 0.2) is 0 Å². The zero-order valence-electron chi connectivity index (χ0n) is 9.81.